The molecule has 1 fully saturated rings. The molecule has 0 spiro atoms. The molecule has 138 valence electrons. The van der Waals surface area contributed by atoms with Crippen molar-refractivity contribution in [2.75, 3.05) is 25.0 Å². The van der Waals surface area contributed by atoms with Gasteiger partial charge in [0.15, 0.2) is 5.65 Å². The van der Waals surface area contributed by atoms with Gasteiger partial charge in [0.25, 0.3) is 0 Å². The van der Waals surface area contributed by atoms with Gasteiger partial charge in [-0.25, -0.2) is 19.3 Å². The number of imidazole rings is 1. The zero-order valence-corrected chi connectivity index (χ0v) is 14.8. The van der Waals surface area contributed by atoms with Crippen LogP contribution in [0.5, 0.6) is 0 Å². The first-order chi connectivity index (χ1) is 13.2. The van der Waals surface area contributed by atoms with Crippen LogP contribution < -0.4 is 5.32 Å². The molecule has 2 aromatic heterocycles. The van der Waals surface area contributed by atoms with Crippen LogP contribution in [0.3, 0.4) is 0 Å². The molecular weight excluding hydrogens is 345 g/mol. The topological polar surface area (TPSA) is 82.7 Å². The summed E-state index contributed by atoms with van der Waals surface area (Å²) in [5.41, 5.74) is 2.45. The van der Waals surface area contributed by atoms with Gasteiger partial charge in [-0.1, -0.05) is 12.1 Å². The Hall–Kier alpha value is -3.05. The molecule has 0 unspecified atom stereocenters. The molecule has 1 N–H and O–H groups in total. The summed E-state index contributed by atoms with van der Waals surface area (Å²) in [4.78, 5) is 15.3. The molecule has 0 amide bonds. The standard InChI is InChI=1S/C19H20FN7/c20-15-3-1-14(2-4-15)12-27-18-17(11-22-13-23-18)25-19(27)24-16-5-8-26(9-6-16)10-7-21/h1-4,11,13,16H,5-6,8-10,12H2,(H,24,25). The van der Waals surface area contributed by atoms with Gasteiger partial charge in [0.2, 0.25) is 5.95 Å². The lowest BCUT2D eigenvalue weighted by Crippen LogP contribution is -2.39. The molecule has 0 radical (unpaired) electrons. The number of halogens is 1. The number of nitrogens with one attached hydrogen (secondary N) is 1. The minimum atomic E-state index is -0.251. The first-order valence-electron chi connectivity index (χ1n) is 8.99. The van der Waals surface area contributed by atoms with Gasteiger partial charge < -0.3 is 5.32 Å². The first kappa shape index (κ1) is 17.4. The quantitative estimate of drug-likeness (QED) is 0.699. The van der Waals surface area contributed by atoms with E-state index in [0.29, 0.717) is 13.1 Å². The van der Waals surface area contributed by atoms with Gasteiger partial charge >= 0.3 is 0 Å². The number of nitrogens with zero attached hydrogens (tertiary/aromatic N) is 6. The Morgan fingerprint density at radius 3 is 2.74 bits per heavy atom. The van der Waals surface area contributed by atoms with Crippen molar-refractivity contribution >= 4 is 17.1 Å². The number of rotatable bonds is 5. The summed E-state index contributed by atoms with van der Waals surface area (Å²) < 4.78 is 15.2. The van der Waals surface area contributed by atoms with Crippen molar-refractivity contribution in [1.29, 1.82) is 5.26 Å². The number of nitriles is 1. The number of fused-ring (bicyclic) bond motifs is 1. The van der Waals surface area contributed by atoms with E-state index in [2.05, 4.69) is 31.2 Å². The van der Waals surface area contributed by atoms with Crippen molar-refractivity contribution in [2.45, 2.75) is 25.4 Å². The van der Waals surface area contributed by atoms with Gasteiger partial charge in [-0.15, -0.1) is 0 Å². The van der Waals surface area contributed by atoms with E-state index in [9.17, 15) is 4.39 Å². The van der Waals surface area contributed by atoms with Crippen LogP contribution in [-0.4, -0.2) is 50.1 Å². The highest BCUT2D eigenvalue weighted by Crippen LogP contribution is 2.22. The molecule has 0 saturated carbocycles. The van der Waals surface area contributed by atoms with E-state index in [0.717, 1.165) is 48.6 Å². The van der Waals surface area contributed by atoms with Crippen molar-refractivity contribution in [3.63, 3.8) is 0 Å². The molecular formula is C19H20FN7. The molecule has 27 heavy (non-hydrogen) atoms. The van der Waals surface area contributed by atoms with E-state index >= 15 is 0 Å². The van der Waals surface area contributed by atoms with Gasteiger partial charge in [0.1, 0.15) is 17.7 Å². The second kappa shape index (κ2) is 7.68. The van der Waals surface area contributed by atoms with Crippen molar-refractivity contribution in [3.8, 4) is 6.07 Å². The first-order valence-corrected chi connectivity index (χ1v) is 8.99. The van der Waals surface area contributed by atoms with Crippen LogP contribution in [0.25, 0.3) is 11.2 Å². The summed E-state index contributed by atoms with van der Waals surface area (Å²) in [6.07, 6.45) is 5.11. The average Bonchev–Trinajstić information content (AvgIpc) is 3.02. The lowest BCUT2D eigenvalue weighted by Gasteiger charge is -2.31. The van der Waals surface area contributed by atoms with Gasteiger partial charge in [-0.3, -0.25) is 9.47 Å². The van der Waals surface area contributed by atoms with Crippen LogP contribution in [0.2, 0.25) is 0 Å². The predicted molar refractivity (Wildman–Crippen MR) is 99.5 cm³/mol. The van der Waals surface area contributed by atoms with Gasteiger partial charge in [-0.05, 0) is 30.5 Å². The highest BCUT2D eigenvalue weighted by Gasteiger charge is 2.21. The van der Waals surface area contributed by atoms with Crippen LogP contribution in [0.1, 0.15) is 18.4 Å². The lowest BCUT2D eigenvalue weighted by atomic mass is 10.1. The molecule has 7 nitrogen and oxygen atoms in total. The fourth-order valence-electron chi connectivity index (χ4n) is 3.43. The predicted octanol–water partition coefficient (Wildman–Crippen LogP) is 2.41. The Balaban J connectivity index is 1.57. The molecule has 0 bridgehead atoms. The zero-order chi connectivity index (χ0) is 18.6. The third-order valence-electron chi connectivity index (χ3n) is 4.88. The third-order valence-corrected chi connectivity index (χ3v) is 4.88. The summed E-state index contributed by atoms with van der Waals surface area (Å²) in [5, 5.41) is 12.4. The Morgan fingerprint density at radius 2 is 2.00 bits per heavy atom. The van der Waals surface area contributed by atoms with Crippen LogP contribution >= 0.6 is 0 Å². The Kier molecular flexibility index (Phi) is 4.94. The van der Waals surface area contributed by atoms with Crippen LogP contribution in [0, 0.1) is 17.1 Å². The van der Waals surface area contributed by atoms with Crippen LogP contribution in [-0.2, 0) is 6.54 Å². The number of benzene rings is 1. The zero-order valence-electron chi connectivity index (χ0n) is 14.8. The monoisotopic (exact) mass is 365 g/mol. The second-order valence-corrected chi connectivity index (χ2v) is 6.73. The van der Waals surface area contributed by atoms with E-state index in [1.165, 1.54) is 18.5 Å². The highest BCUT2D eigenvalue weighted by molar-refractivity contribution is 5.73. The summed E-state index contributed by atoms with van der Waals surface area (Å²) in [6.45, 7) is 2.81. The fourth-order valence-corrected chi connectivity index (χ4v) is 3.43. The molecule has 3 heterocycles. The van der Waals surface area contributed by atoms with Crippen molar-refractivity contribution < 1.29 is 4.39 Å². The summed E-state index contributed by atoms with van der Waals surface area (Å²) in [5.74, 6) is 0.493. The number of aromatic nitrogens is 4. The van der Waals surface area contributed by atoms with E-state index in [4.69, 9.17) is 5.26 Å². The molecule has 0 atom stereocenters. The molecule has 3 aromatic rings. The van der Waals surface area contributed by atoms with Gasteiger partial charge in [0, 0.05) is 19.1 Å². The van der Waals surface area contributed by atoms with Crippen molar-refractivity contribution in [1.82, 2.24) is 24.4 Å². The Morgan fingerprint density at radius 1 is 1.22 bits per heavy atom. The Labute approximate surface area is 156 Å². The average molecular weight is 365 g/mol. The minimum absolute atomic E-state index is 0.251. The summed E-state index contributed by atoms with van der Waals surface area (Å²) in [7, 11) is 0. The maximum atomic E-state index is 13.2. The van der Waals surface area contributed by atoms with Crippen LogP contribution in [0.15, 0.2) is 36.8 Å². The molecule has 1 aromatic carbocycles. The maximum absolute atomic E-state index is 13.2. The number of hydrogen-bond acceptors (Lipinski definition) is 6. The van der Waals surface area contributed by atoms with E-state index in [1.54, 1.807) is 18.3 Å². The smallest absolute Gasteiger partial charge is 0.205 e. The van der Waals surface area contributed by atoms with Gasteiger partial charge in [-0.2, -0.15) is 5.26 Å². The summed E-state index contributed by atoms with van der Waals surface area (Å²) in [6, 6.07) is 8.96. The maximum Gasteiger partial charge on any atom is 0.205 e. The molecule has 1 saturated heterocycles. The van der Waals surface area contributed by atoms with Crippen molar-refractivity contribution in [3.05, 3.63) is 48.2 Å². The molecule has 4 rings (SSSR count). The van der Waals surface area contributed by atoms with E-state index in [-0.39, 0.29) is 11.9 Å². The lowest BCUT2D eigenvalue weighted by molar-refractivity contribution is 0.242. The Bertz CT molecular complexity index is 952. The molecule has 1 aliphatic rings. The third kappa shape index (κ3) is 3.88. The van der Waals surface area contributed by atoms with Crippen molar-refractivity contribution in [2.24, 2.45) is 0 Å². The normalized spacial score (nSPS) is 15.7. The van der Waals surface area contributed by atoms with E-state index < -0.39 is 0 Å². The molecule has 0 aliphatic carbocycles. The molecule has 1 aliphatic heterocycles. The molecule has 8 heteroatoms. The fraction of sp³-hybridized carbons (Fsp3) is 0.368. The van der Waals surface area contributed by atoms with Gasteiger partial charge in [0.05, 0.1) is 25.4 Å². The highest BCUT2D eigenvalue weighted by atomic mass is 19.1. The number of piperidine rings is 1. The minimum Gasteiger partial charge on any atom is -0.353 e. The number of hydrogen-bond donors (Lipinski definition) is 1. The number of anilines is 1. The number of likely N-dealkylation sites (tertiary alicyclic amines) is 1. The van der Waals surface area contributed by atoms with E-state index in [1.807, 2.05) is 4.57 Å². The SMILES string of the molecule is N#CCN1CCC(Nc2nc3cncnc3n2Cc2ccc(F)cc2)CC1. The second-order valence-electron chi connectivity index (χ2n) is 6.73. The van der Waals surface area contributed by atoms with Crippen LogP contribution in [0.4, 0.5) is 10.3 Å². The largest absolute Gasteiger partial charge is 0.353 e. The summed E-state index contributed by atoms with van der Waals surface area (Å²) >= 11 is 0.